The van der Waals surface area contributed by atoms with Crippen molar-refractivity contribution in [1.82, 2.24) is 19.9 Å². The molecule has 232 valence electrons. The number of methoxy groups -OCH3 is 2. The Balaban J connectivity index is 1.39. The molecule has 2 saturated carbocycles. The van der Waals surface area contributed by atoms with E-state index in [9.17, 15) is 22.8 Å². The number of carbonyl (C=O) groups excluding carboxylic acids is 3. The van der Waals surface area contributed by atoms with Crippen LogP contribution in [0.25, 0.3) is 10.8 Å². The Hall–Kier alpha value is -3.75. The number of nitrogens with two attached hydrogens (primary N) is 1. The van der Waals surface area contributed by atoms with Crippen molar-refractivity contribution in [3.63, 3.8) is 0 Å². The number of likely N-dealkylation sites (tertiary alicyclic amines) is 1. The van der Waals surface area contributed by atoms with E-state index >= 15 is 0 Å². The molecule has 3 aliphatic rings. The van der Waals surface area contributed by atoms with E-state index in [2.05, 4.69) is 21.6 Å². The highest BCUT2D eigenvalue weighted by atomic mass is 32.2. The largest absolute Gasteiger partial charge is 0.497 e. The summed E-state index contributed by atoms with van der Waals surface area (Å²) in [7, 11) is -0.842. The zero-order valence-corrected chi connectivity index (χ0v) is 25.1. The number of amides is 3. The number of pyridine rings is 1. The molecule has 2 aliphatic carbocycles. The number of benzene rings is 1. The fourth-order valence-electron chi connectivity index (χ4n) is 5.44. The van der Waals surface area contributed by atoms with Gasteiger partial charge in [0.1, 0.15) is 29.5 Å². The van der Waals surface area contributed by atoms with Gasteiger partial charge in [-0.25, -0.2) is 13.4 Å². The number of nitrogens with zero attached hydrogens (tertiary/aromatic N) is 2. The van der Waals surface area contributed by atoms with Gasteiger partial charge in [-0.15, -0.1) is 6.58 Å². The summed E-state index contributed by atoms with van der Waals surface area (Å²) in [6.45, 7) is 5.40. The zero-order chi connectivity index (χ0) is 31.1. The first-order valence-electron chi connectivity index (χ1n) is 14.1. The van der Waals surface area contributed by atoms with Crippen molar-refractivity contribution in [3.8, 4) is 11.6 Å². The van der Waals surface area contributed by atoms with Crippen LogP contribution in [0, 0.1) is 5.92 Å². The maximum absolute atomic E-state index is 13.8. The van der Waals surface area contributed by atoms with Crippen LogP contribution in [0.1, 0.15) is 32.6 Å². The lowest BCUT2D eigenvalue weighted by atomic mass is 10.1. The predicted octanol–water partition coefficient (Wildman–Crippen LogP) is 0.623. The minimum absolute atomic E-state index is 0.0232. The fourth-order valence-corrected chi connectivity index (χ4v) is 6.80. The van der Waals surface area contributed by atoms with Gasteiger partial charge in [0, 0.05) is 31.0 Å². The van der Waals surface area contributed by atoms with Crippen molar-refractivity contribution in [2.45, 2.75) is 67.7 Å². The van der Waals surface area contributed by atoms with Gasteiger partial charge < -0.3 is 30.2 Å². The van der Waals surface area contributed by atoms with E-state index in [1.165, 1.54) is 18.1 Å². The Morgan fingerprint density at radius 3 is 2.60 bits per heavy atom. The lowest BCUT2D eigenvalue weighted by Gasteiger charge is -2.29. The second-order valence-corrected chi connectivity index (χ2v) is 13.3. The summed E-state index contributed by atoms with van der Waals surface area (Å²) in [6, 6.07) is 5.13. The monoisotopic (exact) mass is 615 g/mol. The molecular weight excluding hydrogens is 578 g/mol. The molecule has 14 heteroatoms. The summed E-state index contributed by atoms with van der Waals surface area (Å²) in [5.74, 6) is -1.46. The van der Waals surface area contributed by atoms with Gasteiger partial charge in [0.15, 0.2) is 0 Å². The van der Waals surface area contributed by atoms with Gasteiger partial charge in [-0.3, -0.25) is 19.1 Å². The first-order chi connectivity index (χ1) is 20.4. The molecule has 5 rings (SSSR count). The van der Waals surface area contributed by atoms with Crippen LogP contribution in [0.15, 0.2) is 43.1 Å². The van der Waals surface area contributed by atoms with Crippen LogP contribution in [0.4, 0.5) is 0 Å². The van der Waals surface area contributed by atoms with Crippen molar-refractivity contribution >= 4 is 38.5 Å². The first kappa shape index (κ1) is 30.7. The molecule has 6 atom stereocenters. The predicted molar refractivity (Wildman–Crippen MR) is 157 cm³/mol. The van der Waals surface area contributed by atoms with Crippen molar-refractivity contribution < 1.29 is 37.0 Å². The van der Waals surface area contributed by atoms with E-state index in [1.54, 1.807) is 26.3 Å². The average molecular weight is 616 g/mol. The number of hydrogen-bond acceptors (Lipinski definition) is 10. The molecule has 1 aromatic carbocycles. The van der Waals surface area contributed by atoms with Gasteiger partial charge in [0.2, 0.25) is 27.7 Å². The van der Waals surface area contributed by atoms with Crippen molar-refractivity contribution in [1.29, 1.82) is 0 Å². The molecule has 1 aliphatic heterocycles. The number of carbonyl (C=O) groups is 3. The lowest BCUT2D eigenvalue weighted by molar-refractivity contribution is -0.142. The highest BCUT2D eigenvalue weighted by molar-refractivity contribution is 7.91. The molecule has 3 amide bonds. The summed E-state index contributed by atoms with van der Waals surface area (Å²) in [4.78, 5) is 46.3. The molecule has 2 aromatic rings. The van der Waals surface area contributed by atoms with E-state index in [0.29, 0.717) is 24.5 Å². The highest BCUT2D eigenvalue weighted by Crippen LogP contribution is 2.45. The third kappa shape index (κ3) is 6.04. The maximum atomic E-state index is 13.8. The smallest absolute Gasteiger partial charge is 0.259 e. The second-order valence-electron chi connectivity index (χ2n) is 11.3. The number of fused-ring (bicyclic) bond motifs is 1. The quantitative estimate of drug-likeness (QED) is 0.287. The molecule has 1 aromatic heterocycles. The van der Waals surface area contributed by atoms with Gasteiger partial charge in [-0.1, -0.05) is 6.08 Å². The molecule has 43 heavy (non-hydrogen) atoms. The molecule has 0 spiro atoms. The summed E-state index contributed by atoms with van der Waals surface area (Å²) in [5, 5.41) is 3.69. The van der Waals surface area contributed by atoms with Crippen LogP contribution < -0.4 is 25.2 Å². The second kappa shape index (κ2) is 11.7. The van der Waals surface area contributed by atoms with E-state index in [-0.39, 0.29) is 19.4 Å². The number of rotatable bonds is 12. The van der Waals surface area contributed by atoms with Gasteiger partial charge in [0.05, 0.1) is 25.0 Å². The highest BCUT2D eigenvalue weighted by Gasteiger charge is 2.62. The maximum Gasteiger partial charge on any atom is 0.259 e. The summed E-state index contributed by atoms with van der Waals surface area (Å²) < 4.78 is 43.9. The lowest BCUT2D eigenvalue weighted by Crippen LogP contribution is -2.58. The normalized spacial score (nSPS) is 26.3. The van der Waals surface area contributed by atoms with E-state index < -0.39 is 68.7 Å². The van der Waals surface area contributed by atoms with Crippen LogP contribution in [0.3, 0.4) is 0 Å². The van der Waals surface area contributed by atoms with E-state index in [4.69, 9.17) is 19.9 Å². The Morgan fingerprint density at radius 2 is 1.98 bits per heavy atom. The Kier molecular flexibility index (Phi) is 8.38. The van der Waals surface area contributed by atoms with Crippen LogP contribution in [0.5, 0.6) is 11.6 Å². The fraction of sp³-hybridized carbons (Fsp3) is 0.517. The zero-order valence-electron chi connectivity index (χ0n) is 24.3. The topological polar surface area (TPSA) is 179 Å². The standard InChI is InChI=1S/C29H37N5O8S/c1-5-18-14-29(18,28(37)33-43(38,39)21-7-8-21)32-25(35)23-13-20(15-34(23)27(36)24(30)16(2)40-3)42-26-22-9-6-19(41-4)12-17(22)10-11-31-26/h5-6,9-12,16,18,20-21,23-24H,1,7-8,13-15,30H2,2-4H3,(H,32,35)(H,33,37)/t16-,18-,20+,23+,24-,29-/m0/s1. The molecule has 0 bridgehead atoms. The Bertz CT molecular complexity index is 1550. The summed E-state index contributed by atoms with van der Waals surface area (Å²) in [5.41, 5.74) is 4.70. The molecule has 0 unspecified atom stereocenters. The third-order valence-electron chi connectivity index (χ3n) is 8.47. The van der Waals surface area contributed by atoms with E-state index in [0.717, 1.165) is 10.8 Å². The van der Waals surface area contributed by atoms with E-state index in [1.807, 2.05) is 18.2 Å². The van der Waals surface area contributed by atoms with Crippen LogP contribution in [-0.4, -0.2) is 91.9 Å². The number of aromatic nitrogens is 1. The van der Waals surface area contributed by atoms with Gasteiger partial charge >= 0.3 is 0 Å². The molecule has 2 heterocycles. The van der Waals surface area contributed by atoms with Crippen LogP contribution >= 0.6 is 0 Å². The van der Waals surface area contributed by atoms with Crippen molar-refractivity contribution in [3.05, 3.63) is 43.1 Å². The average Bonchev–Trinajstić information content (AvgIpc) is 3.92. The Labute approximate surface area is 250 Å². The van der Waals surface area contributed by atoms with Crippen LogP contribution in [0.2, 0.25) is 0 Å². The molecule has 0 radical (unpaired) electrons. The molecule has 13 nitrogen and oxygen atoms in total. The summed E-state index contributed by atoms with van der Waals surface area (Å²) in [6.07, 6.45) is 3.04. The number of sulfonamides is 1. The number of nitrogens with one attached hydrogen (secondary N) is 2. The Morgan fingerprint density at radius 1 is 1.23 bits per heavy atom. The number of ether oxygens (including phenoxy) is 3. The van der Waals surface area contributed by atoms with Crippen LogP contribution in [-0.2, 0) is 29.1 Å². The molecule has 1 saturated heterocycles. The van der Waals surface area contributed by atoms with Crippen molar-refractivity contribution in [2.24, 2.45) is 11.7 Å². The number of hydrogen-bond donors (Lipinski definition) is 3. The third-order valence-corrected chi connectivity index (χ3v) is 10.3. The minimum atomic E-state index is -3.84. The molecular formula is C29H37N5O8S. The summed E-state index contributed by atoms with van der Waals surface area (Å²) >= 11 is 0. The first-order valence-corrected chi connectivity index (χ1v) is 15.7. The SMILES string of the molecule is C=C[C@H]1C[C@@]1(NC(=O)[C@H]1C[C@@H](Oc2nccc3cc(OC)ccc23)CN1C(=O)[C@@H](N)[C@H](C)OC)C(=O)NS(=O)(=O)C1CC1. The molecule has 3 fully saturated rings. The minimum Gasteiger partial charge on any atom is -0.497 e. The van der Waals surface area contributed by atoms with Gasteiger partial charge in [-0.05, 0) is 55.8 Å². The van der Waals surface area contributed by atoms with Gasteiger partial charge in [0.25, 0.3) is 5.91 Å². The van der Waals surface area contributed by atoms with Crippen molar-refractivity contribution in [2.75, 3.05) is 20.8 Å². The molecule has 4 N–H and O–H groups in total. The van der Waals surface area contributed by atoms with Gasteiger partial charge in [-0.2, -0.15) is 0 Å².